The van der Waals surface area contributed by atoms with Gasteiger partial charge in [-0.05, 0) is 34.1 Å². The van der Waals surface area contributed by atoms with Crippen LogP contribution in [0.5, 0.6) is 0 Å². The molecular weight excluding hydrogens is 218 g/mol. The number of hydrogen-bond donors (Lipinski definition) is 0. The van der Waals surface area contributed by atoms with Crippen LogP contribution in [0.25, 0.3) is 11.0 Å². The lowest BCUT2D eigenvalue weighted by molar-refractivity contribution is 0.614. The molecule has 0 N–H and O–H groups in total. The van der Waals surface area contributed by atoms with E-state index in [1.807, 2.05) is 6.07 Å². The first kappa shape index (κ1) is 7.38. The molecule has 0 atom stereocenters. The van der Waals surface area contributed by atoms with Gasteiger partial charge in [0.15, 0.2) is 0 Å². The van der Waals surface area contributed by atoms with E-state index in [0.29, 0.717) is 5.56 Å². The summed E-state index contributed by atoms with van der Waals surface area (Å²) >= 11 is 3.34. The quantitative estimate of drug-likeness (QED) is 0.686. The second-order valence-electron chi connectivity index (χ2n) is 2.41. The minimum atomic E-state index is 0.615. The molecule has 2 nitrogen and oxygen atoms in total. The fourth-order valence-corrected chi connectivity index (χ4v) is 1.49. The first-order valence-corrected chi connectivity index (χ1v) is 4.17. The molecule has 0 spiro atoms. The maximum absolute atomic E-state index is 8.60. The molecular formula is C9H4BrNO. The van der Waals surface area contributed by atoms with Crippen LogP contribution in [0.4, 0.5) is 0 Å². The highest BCUT2D eigenvalue weighted by Gasteiger charge is 2.02. The van der Waals surface area contributed by atoms with E-state index < -0.39 is 0 Å². The Balaban J connectivity index is 2.80. The van der Waals surface area contributed by atoms with Crippen molar-refractivity contribution >= 4 is 26.9 Å². The zero-order chi connectivity index (χ0) is 8.55. The Morgan fingerprint density at radius 1 is 1.42 bits per heavy atom. The predicted molar refractivity (Wildman–Crippen MR) is 48.6 cm³/mol. The first-order chi connectivity index (χ1) is 5.81. The fraction of sp³-hybridized carbons (Fsp3) is 0. The van der Waals surface area contributed by atoms with Crippen molar-refractivity contribution < 1.29 is 4.42 Å². The normalized spacial score (nSPS) is 10.0. The average Bonchev–Trinajstić information content (AvgIpc) is 2.47. The minimum absolute atomic E-state index is 0.615. The van der Waals surface area contributed by atoms with Gasteiger partial charge in [0, 0.05) is 5.39 Å². The molecule has 0 aliphatic rings. The number of furan rings is 1. The number of benzene rings is 1. The molecule has 58 valence electrons. The Kier molecular flexibility index (Phi) is 1.63. The molecule has 0 aliphatic heterocycles. The van der Waals surface area contributed by atoms with Gasteiger partial charge >= 0.3 is 0 Å². The highest BCUT2D eigenvalue weighted by molar-refractivity contribution is 9.10. The average molecular weight is 222 g/mol. The Morgan fingerprint density at radius 2 is 2.25 bits per heavy atom. The van der Waals surface area contributed by atoms with Gasteiger partial charge in [-0.3, -0.25) is 0 Å². The van der Waals surface area contributed by atoms with Crippen LogP contribution >= 0.6 is 15.9 Å². The van der Waals surface area contributed by atoms with Crippen molar-refractivity contribution in [2.45, 2.75) is 0 Å². The van der Waals surface area contributed by atoms with E-state index in [1.54, 1.807) is 18.4 Å². The molecule has 0 fully saturated rings. The highest BCUT2D eigenvalue weighted by Crippen LogP contribution is 2.26. The van der Waals surface area contributed by atoms with Gasteiger partial charge in [-0.1, -0.05) is 0 Å². The summed E-state index contributed by atoms with van der Waals surface area (Å²) in [5, 5.41) is 9.59. The van der Waals surface area contributed by atoms with E-state index in [4.69, 9.17) is 9.68 Å². The largest absolute Gasteiger partial charge is 0.463 e. The van der Waals surface area contributed by atoms with Crippen LogP contribution in [0.2, 0.25) is 0 Å². The Hall–Kier alpha value is -1.27. The standard InChI is InChI=1S/C9H4BrNO/c10-8-5-12-9-3-6(4-11)1-2-7(8)9/h1-3,5H. The number of nitrogens with zero attached hydrogens (tertiary/aromatic N) is 1. The SMILES string of the molecule is N#Cc1ccc2c(Br)coc2c1. The second kappa shape index (κ2) is 2.65. The molecule has 0 saturated heterocycles. The predicted octanol–water partition coefficient (Wildman–Crippen LogP) is 3.07. The number of halogens is 1. The van der Waals surface area contributed by atoms with Crippen LogP contribution in [-0.2, 0) is 0 Å². The van der Waals surface area contributed by atoms with Crippen molar-refractivity contribution in [3.05, 3.63) is 34.5 Å². The van der Waals surface area contributed by atoms with E-state index in [0.717, 1.165) is 15.4 Å². The summed E-state index contributed by atoms with van der Waals surface area (Å²) in [6, 6.07) is 7.40. The monoisotopic (exact) mass is 221 g/mol. The lowest BCUT2D eigenvalue weighted by Gasteiger charge is -1.88. The zero-order valence-corrected chi connectivity index (χ0v) is 7.63. The summed E-state index contributed by atoms with van der Waals surface area (Å²) in [6.45, 7) is 0. The maximum atomic E-state index is 8.60. The molecule has 1 heterocycles. The van der Waals surface area contributed by atoms with Gasteiger partial charge in [0.05, 0.1) is 16.1 Å². The number of hydrogen-bond acceptors (Lipinski definition) is 2. The maximum Gasteiger partial charge on any atom is 0.136 e. The number of rotatable bonds is 0. The van der Waals surface area contributed by atoms with Crippen LogP contribution in [-0.4, -0.2) is 0 Å². The van der Waals surface area contributed by atoms with Crippen LogP contribution < -0.4 is 0 Å². The topological polar surface area (TPSA) is 36.9 Å². The first-order valence-electron chi connectivity index (χ1n) is 3.38. The third-order valence-corrected chi connectivity index (χ3v) is 2.27. The number of fused-ring (bicyclic) bond motifs is 1. The molecule has 0 bridgehead atoms. The highest BCUT2D eigenvalue weighted by atomic mass is 79.9. The van der Waals surface area contributed by atoms with Gasteiger partial charge in [-0.15, -0.1) is 0 Å². The van der Waals surface area contributed by atoms with Gasteiger partial charge in [-0.2, -0.15) is 5.26 Å². The van der Waals surface area contributed by atoms with E-state index >= 15 is 0 Å². The molecule has 1 aromatic heterocycles. The van der Waals surface area contributed by atoms with Crippen molar-refractivity contribution in [3.8, 4) is 6.07 Å². The van der Waals surface area contributed by atoms with Gasteiger partial charge < -0.3 is 4.42 Å². The Morgan fingerprint density at radius 3 is 3.00 bits per heavy atom. The molecule has 2 rings (SSSR count). The Labute approximate surface area is 77.5 Å². The van der Waals surface area contributed by atoms with Crippen LogP contribution in [0.15, 0.2) is 33.4 Å². The van der Waals surface area contributed by atoms with Gasteiger partial charge in [0.2, 0.25) is 0 Å². The summed E-state index contributed by atoms with van der Waals surface area (Å²) in [4.78, 5) is 0. The molecule has 2 aromatic rings. The molecule has 1 aromatic carbocycles. The summed E-state index contributed by atoms with van der Waals surface area (Å²) in [5.74, 6) is 0. The molecule has 0 unspecified atom stereocenters. The van der Waals surface area contributed by atoms with E-state index in [-0.39, 0.29) is 0 Å². The zero-order valence-electron chi connectivity index (χ0n) is 6.04. The van der Waals surface area contributed by atoms with Crippen molar-refractivity contribution in [2.24, 2.45) is 0 Å². The van der Waals surface area contributed by atoms with Crippen molar-refractivity contribution in [1.82, 2.24) is 0 Å². The van der Waals surface area contributed by atoms with E-state index in [9.17, 15) is 0 Å². The minimum Gasteiger partial charge on any atom is -0.463 e. The van der Waals surface area contributed by atoms with Crippen LogP contribution in [0, 0.1) is 11.3 Å². The van der Waals surface area contributed by atoms with Gasteiger partial charge in [0.25, 0.3) is 0 Å². The second-order valence-corrected chi connectivity index (χ2v) is 3.26. The third kappa shape index (κ3) is 1.01. The Bertz CT molecular complexity index is 467. The van der Waals surface area contributed by atoms with Crippen LogP contribution in [0.1, 0.15) is 5.56 Å². The van der Waals surface area contributed by atoms with E-state index in [2.05, 4.69) is 22.0 Å². The molecule has 0 amide bonds. The smallest absolute Gasteiger partial charge is 0.136 e. The number of nitriles is 1. The van der Waals surface area contributed by atoms with E-state index in [1.165, 1.54) is 0 Å². The van der Waals surface area contributed by atoms with Gasteiger partial charge in [0.1, 0.15) is 11.8 Å². The van der Waals surface area contributed by atoms with Crippen molar-refractivity contribution in [1.29, 1.82) is 5.26 Å². The summed E-state index contributed by atoms with van der Waals surface area (Å²) in [7, 11) is 0. The van der Waals surface area contributed by atoms with Crippen molar-refractivity contribution in [3.63, 3.8) is 0 Å². The van der Waals surface area contributed by atoms with Crippen molar-refractivity contribution in [2.75, 3.05) is 0 Å². The summed E-state index contributed by atoms with van der Waals surface area (Å²) in [6.07, 6.45) is 1.62. The molecule has 0 aliphatic carbocycles. The molecule has 0 radical (unpaired) electrons. The lowest BCUT2D eigenvalue weighted by atomic mass is 10.2. The lowest BCUT2D eigenvalue weighted by Crippen LogP contribution is -1.71. The molecule has 12 heavy (non-hydrogen) atoms. The fourth-order valence-electron chi connectivity index (χ4n) is 1.07. The van der Waals surface area contributed by atoms with Gasteiger partial charge in [-0.25, -0.2) is 0 Å². The van der Waals surface area contributed by atoms with Crippen LogP contribution in [0.3, 0.4) is 0 Å². The molecule has 0 saturated carbocycles. The molecule has 3 heteroatoms. The summed E-state index contributed by atoms with van der Waals surface area (Å²) < 4.78 is 6.11. The third-order valence-electron chi connectivity index (χ3n) is 1.66. The summed E-state index contributed by atoms with van der Waals surface area (Å²) in [5.41, 5.74) is 1.35.